The van der Waals surface area contributed by atoms with E-state index in [9.17, 15) is 9.90 Å². The van der Waals surface area contributed by atoms with Crippen LogP contribution in [-0.4, -0.2) is 23.2 Å². The molecule has 0 amide bonds. The molecule has 0 radical (unpaired) electrons. The van der Waals surface area contributed by atoms with Gasteiger partial charge >= 0.3 is 5.97 Å². The summed E-state index contributed by atoms with van der Waals surface area (Å²) in [5.74, 6) is -0.169. The van der Waals surface area contributed by atoms with Crippen molar-refractivity contribution in [2.24, 2.45) is 5.92 Å². The Morgan fingerprint density at radius 1 is 1.27 bits per heavy atom. The molecule has 0 spiro atoms. The van der Waals surface area contributed by atoms with Gasteiger partial charge in [-0.15, -0.1) is 0 Å². The Hall–Kier alpha value is -2.10. The van der Waals surface area contributed by atoms with Crippen LogP contribution in [0.1, 0.15) is 42.9 Å². The van der Waals surface area contributed by atoms with E-state index in [0.717, 1.165) is 53.6 Å². The minimum atomic E-state index is -0.695. The van der Waals surface area contributed by atoms with E-state index in [1.165, 1.54) is 0 Å². The second-order valence-corrected chi connectivity index (χ2v) is 6.08. The third-order valence-electron chi connectivity index (χ3n) is 4.71. The fourth-order valence-electron chi connectivity index (χ4n) is 3.50. The number of carboxylic acid groups (broad SMARTS) is 1. The lowest BCUT2D eigenvalue weighted by molar-refractivity contribution is -0.143. The van der Waals surface area contributed by atoms with Crippen molar-refractivity contribution < 1.29 is 14.6 Å². The first kappa shape index (κ1) is 14.8. The van der Waals surface area contributed by atoms with Gasteiger partial charge in [-0.25, -0.2) is 0 Å². The van der Waals surface area contributed by atoms with Gasteiger partial charge in [0.05, 0.1) is 18.5 Å². The zero-order valence-electron chi connectivity index (χ0n) is 13.0. The summed E-state index contributed by atoms with van der Waals surface area (Å²) in [7, 11) is 1.65. The van der Waals surface area contributed by atoms with Crippen molar-refractivity contribution in [3.05, 3.63) is 35.5 Å². The average Bonchev–Trinajstić information content (AvgIpc) is 2.54. The number of aliphatic carboxylic acids is 1. The molecule has 1 fully saturated rings. The summed E-state index contributed by atoms with van der Waals surface area (Å²) in [6, 6.07) is 7.88. The number of carbonyl (C=O) groups is 1. The molecule has 22 heavy (non-hydrogen) atoms. The van der Waals surface area contributed by atoms with Gasteiger partial charge in [0.25, 0.3) is 0 Å². The minimum absolute atomic E-state index is 0.0245. The van der Waals surface area contributed by atoms with Crippen molar-refractivity contribution in [3.8, 4) is 5.75 Å². The lowest BCUT2D eigenvalue weighted by Crippen LogP contribution is -2.26. The third-order valence-corrected chi connectivity index (χ3v) is 4.71. The summed E-state index contributed by atoms with van der Waals surface area (Å²) in [5.41, 5.74) is 2.95. The van der Waals surface area contributed by atoms with Crippen LogP contribution >= 0.6 is 0 Å². The normalized spacial score (nSPS) is 21.7. The Labute approximate surface area is 130 Å². The number of carboxylic acids is 1. The number of nitrogens with zero attached hydrogens (tertiary/aromatic N) is 1. The predicted octanol–water partition coefficient (Wildman–Crippen LogP) is 3.91. The zero-order valence-corrected chi connectivity index (χ0v) is 13.0. The first-order valence-electron chi connectivity index (χ1n) is 7.78. The van der Waals surface area contributed by atoms with Crippen LogP contribution in [0, 0.1) is 12.8 Å². The van der Waals surface area contributed by atoms with Gasteiger partial charge in [0.1, 0.15) is 5.75 Å². The van der Waals surface area contributed by atoms with E-state index in [-0.39, 0.29) is 11.8 Å². The lowest BCUT2D eigenvalue weighted by Gasteiger charge is -2.28. The molecular weight excluding hydrogens is 278 g/mol. The summed E-state index contributed by atoms with van der Waals surface area (Å²) in [5, 5.41) is 10.5. The number of methoxy groups -OCH3 is 1. The molecule has 0 unspecified atom stereocenters. The topological polar surface area (TPSA) is 59.4 Å². The molecule has 0 aliphatic heterocycles. The number of fused-ring (bicyclic) bond motifs is 1. The smallest absolute Gasteiger partial charge is 0.307 e. The molecule has 2 atom stereocenters. The van der Waals surface area contributed by atoms with Crippen LogP contribution in [0.5, 0.6) is 5.75 Å². The number of ether oxygens (including phenoxy) is 1. The fourth-order valence-corrected chi connectivity index (χ4v) is 3.50. The Morgan fingerprint density at radius 3 is 2.77 bits per heavy atom. The first-order chi connectivity index (χ1) is 10.6. The molecular formula is C18H21NO3. The van der Waals surface area contributed by atoms with E-state index in [0.29, 0.717) is 0 Å². The van der Waals surface area contributed by atoms with Crippen LogP contribution in [0.2, 0.25) is 0 Å². The van der Waals surface area contributed by atoms with Gasteiger partial charge in [0.2, 0.25) is 0 Å². The quantitative estimate of drug-likeness (QED) is 0.933. The third kappa shape index (κ3) is 2.65. The highest BCUT2D eigenvalue weighted by Crippen LogP contribution is 2.38. The molecule has 1 aliphatic rings. The Kier molecular flexibility index (Phi) is 4.01. The number of pyridine rings is 1. The number of hydrogen-bond donors (Lipinski definition) is 1. The molecule has 116 valence electrons. The zero-order chi connectivity index (χ0) is 15.7. The van der Waals surface area contributed by atoms with Crippen LogP contribution < -0.4 is 4.74 Å². The summed E-state index contributed by atoms with van der Waals surface area (Å²) in [4.78, 5) is 16.3. The van der Waals surface area contributed by atoms with Gasteiger partial charge in [0.15, 0.2) is 0 Å². The van der Waals surface area contributed by atoms with Crippen LogP contribution in [0.25, 0.3) is 10.9 Å². The second kappa shape index (κ2) is 5.95. The number of benzene rings is 1. The number of rotatable bonds is 3. The van der Waals surface area contributed by atoms with Gasteiger partial charge in [0, 0.05) is 17.0 Å². The first-order valence-corrected chi connectivity index (χ1v) is 7.78. The highest BCUT2D eigenvalue weighted by atomic mass is 16.5. The highest BCUT2D eigenvalue weighted by Gasteiger charge is 2.33. The second-order valence-electron chi connectivity index (χ2n) is 6.08. The highest BCUT2D eigenvalue weighted by molar-refractivity contribution is 5.84. The van der Waals surface area contributed by atoms with Crippen molar-refractivity contribution in [2.75, 3.05) is 7.11 Å². The van der Waals surface area contributed by atoms with Crippen molar-refractivity contribution in [1.29, 1.82) is 0 Å². The Balaban J connectivity index is 2.05. The van der Waals surface area contributed by atoms with E-state index >= 15 is 0 Å². The van der Waals surface area contributed by atoms with Gasteiger partial charge in [-0.1, -0.05) is 12.8 Å². The summed E-state index contributed by atoms with van der Waals surface area (Å²) < 4.78 is 5.27. The average molecular weight is 299 g/mol. The van der Waals surface area contributed by atoms with E-state index in [1.54, 1.807) is 7.11 Å². The molecule has 1 aromatic carbocycles. The van der Waals surface area contributed by atoms with E-state index in [1.807, 2.05) is 31.2 Å². The van der Waals surface area contributed by atoms with Gasteiger partial charge in [-0.2, -0.15) is 0 Å². The van der Waals surface area contributed by atoms with Crippen LogP contribution in [0.15, 0.2) is 24.3 Å². The molecule has 0 bridgehead atoms. The molecule has 1 aliphatic carbocycles. The maximum Gasteiger partial charge on any atom is 0.307 e. The molecule has 2 aromatic rings. The summed E-state index contributed by atoms with van der Waals surface area (Å²) in [6.07, 6.45) is 3.74. The minimum Gasteiger partial charge on any atom is -0.497 e. The SMILES string of the molecule is COc1ccc2nc([C@H]3CCCC[C@H]3C(=O)O)cc(C)c2c1. The fraction of sp³-hybridized carbons (Fsp3) is 0.444. The molecule has 1 heterocycles. The van der Waals surface area contributed by atoms with Crippen molar-refractivity contribution in [3.63, 3.8) is 0 Å². The largest absolute Gasteiger partial charge is 0.497 e. The summed E-state index contributed by atoms with van der Waals surface area (Å²) in [6.45, 7) is 2.05. The molecule has 3 rings (SSSR count). The maximum absolute atomic E-state index is 11.5. The van der Waals surface area contributed by atoms with E-state index < -0.39 is 5.97 Å². The monoisotopic (exact) mass is 299 g/mol. The molecule has 1 aromatic heterocycles. The number of hydrogen-bond acceptors (Lipinski definition) is 3. The maximum atomic E-state index is 11.5. The summed E-state index contributed by atoms with van der Waals surface area (Å²) >= 11 is 0. The van der Waals surface area contributed by atoms with Gasteiger partial charge in [-0.3, -0.25) is 9.78 Å². The number of aryl methyl sites for hydroxylation is 1. The lowest BCUT2D eigenvalue weighted by atomic mass is 9.77. The standard InChI is InChI=1S/C18H21NO3/c1-11-9-17(13-5-3-4-6-14(13)18(20)21)19-16-8-7-12(22-2)10-15(11)16/h7-10,13-14H,3-6H2,1-2H3,(H,20,21)/t13-,14+/m0/s1. The number of aromatic nitrogens is 1. The molecule has 4 heteroatoms. The molecule has 1 saturated carbocycles. The van der Waals surface area contributed by atoms with Gasteiger partial charge < -0.3 is 9.84 Å². The molecule has 0 saturated heterocycles. The van der Waals surface area contributed by atoms with Crippen LogP contribution in [0.4, 0.5) is 0 Å². The van der Waals surface area contributed by atoms with Gasteiger partial charge in [-0.05, 0) is 49.6 Å². The Morgan fingerprint density at radius 2 is 2.05 bits per heavy atom. The van der Waals surface area contributed by atoms with Crippen LogP contribution in [0.3, 0.4) is 0 Å². The van der Waals surface area contributed by atoms with Crippen LogP contribution in [-0.2, 0) is 4.79 Å². The van der Waals surface area contributed by atoms with E-state index in [4.69, 9.17) is 9.72 Å². The molecule has 1 N–H and O–H groups in total. The predicted molar refractivity (Wildman–Crippen MR) is 85.4 cm³/mol. The van der Waals surface area contributed by atoms with Crippen molar-refractivity contribution in [2.45, 2.75) is 38.5 Å². The van der Waals surface area contributed by atoms with Crippen molar-refractivity contribution in [1.82, 2.24) is 4.98 Å². The van der Waals surface area contributed by atoms with Crippen molar-refractivity contribution >= 4 is 16.9 Å². The van der Waals surface area contributed by atoms with E-state index in [2.05, 4.69) is 0 Å². The Bertz CT molecular complexity index is 711. The molecule has 4 nitrogen and oxygen atoms in total.